The van der Waals surface area contributed by atoms with Gasteiger partial charge in [0.1, 0.15) is 5.69 Å². The fourth-order valence-electron chi connectivity index (χ4n) is 2.89. The summed E-state index contributed by atoms with van der Waals surface area (Å²) in [4.78, 5) is 30.4. The van der Waals surface area contributed by atoms with Gasteiger partial charge in [0.25, 0.3) is 11.8 Å². The fraction of sp³-hybridized carbons (Fsp3) is 0.136. The van der Waals surface area contributed by atoms with Crippen molar-refractivity contribution in [3.05, 3.63) is 94.3 Å². The molecule has 3 aromatic rings. The van der Waals surface area contributed by atoms with E-state index in [-0.39, 0.29) is 22.8 Å². The van der Waals surface area contributed by atoms with Crippen molar-refractivity contribution in [2.24, 2.45) is 0 Å². The van der Waals surface area contributed by atoms with E-state index in [4.69, 9.17) is 11.6 Å². The first-order valence-electron chi connectivity index (χ1n) is 9.09. The van der Waals surface area contributed by atoms with Crippen LogP contribution < -0.4 is 5.32 Å². The Morgan fingerprint density at radius 2 is 1.81 bits per heavy atom. The summed E-state index contributed by atoms with van der Waals surface area (Å²) >= 11 is 6.25. The summed E-state index contributed by atoms with van der Waals surface area (Å²) in [5.74, 6) is -1.09. The quantitative estimate of drug-likeness (QED) is 0.579. The van der Waals surface area contributed by atoms with Crippen LogP contribution in [-0.2, 0) is 12.7 Å². The second kappa shape index (κ2) is 9.18. The van der Waals surface area contributed by atoms with Crippen LogP contribution in [0.4, 0.5) is 18.9 Å². The van der Waals surface area contributed by atoms with Crippen molar-refractivity contribution in [2.45, 2.75) is 12.7 Å². The molecule has 160 valence electrons. The van der Waals surface area contributed by atoms with Gasteiger partial charge in [0.05, 0.1) is 16.3 Å². The molecule has 1 heterocycles. The molecule has 5 nitrogen and oxygen atoms in total. The normalized spacial score (nSPS) is 11.1. The molecular formula is C22H17ClF3N3O2. The zero-order chi connectivity index (χ0) is 22.6. The zero-order valence-electron chi connectivity index (χ0n) is 16.3. The molecule has 9 heteroatoms. The van der Waals surface area contributed by atoms with E-state index in [0.29, 0.717) is 11.3 Å². The summed E-state index contributed by atoms with van der Waals surface area (Å²) < 4.78 is 38.9. The molecule has 0 aliphatic carbocycles. The third kappa shape index (κ3) is 5.40. The molecule has 2 amide bonds. The fourth-order valence-corrected chi connectivity index (χ4v) is 3.13. The van der Waals surface area contributed by atoms with Gasteiger partial charge in [0.2, 0.25) is 0 Å². The number of carbonyl (C=O) groups is 2. The number of nitrogens with zero attached hydrogens (tertiary/aromatic N) is 2. The van der Waals surface area contributed by atoms with Crippen molar-refractivity contribution in [1.29, 1.82) is 0 Å². The van der Waals surface area contributed by atoms with Crippen molar-refractivity contribution < 1.29 is 22.8 Å². The summed E-state index contributed by atoms with van der Waals surface area (Å²) in [6.45, 7) is 0.00741. The number of pyridine rings is 1. The minimum atomic E-state index is -4.55. The standard InChI is InChI=1S/C22H17ClF3N3O2/c1-29(21(31)14-6-4-8-16(12-14)22(24,25)26)13-15-7-5-9-17(23)19(15)28-20(30)18-10-2-3-11-27-18/h2-12H,13H2,1H3,(H,28,30). The van der Waals surface area contributed by atoms with E-state index >= 15 is 0 Å². The smallest absolute Gasteiger partial charge is 0.337 e. The maximum atomic E-state index is 13.0. The first kappa shape index (κ1) is 22.3. The van der Waals surface area contributed by atoms with E-state index in [1.807, 2.05) is 0 Å². The Hall–Kier alpha value is -3.39. The molecule has 0 aliphatic heterocycles. The topological polar surface area (TPSA) is 62.3 Å². The van der Waals surface area contributed by atoms with E-state index < -0.39 is 23.6 Å². The molecule has 3 rings (SSSR count). The predicted molar refractivity (Wildman–Crippen MR) is 111 cm³/mol. The second-order valence-corrected chi connectivity index (χ2v) is 7.09. The molecular weight excluding hydrogens is 431 g/mol. The Morgan fingerprint density at radius 1 is 1.06 bits per heavy atom. The summed E-state index contributed by atoms with van der Waals surface area (Å²) in [6.07, 6.45) is -3.07. The Morgan fingerprint density at radius 3 is 2.48 bits per heavy atom. The molecule has 31 heavy (non-hydrogen) atoms. The van der Waals surface area contributed by atoms with Crippen LogP contribution in [0.15, 0.2) is 66.9 Å². The average Bonchev–Trinajstić information content (AvgIpc) is 2.75. The highest BCUT2D eigenvalue weighted by molar-refractivity contribution is 6.34. The van der Waals surface area contributed by atoms with Gasteiger partial charge in [0, 0.05) is 25.4 Å². The third-order valence-corrected chi connectivity index (χ3v) is 4.74. The van der Waals surface area contributed by atoms with Gasteiger partial charge >= 0.3 is 6.18 Å². The number of alkyl halides is 3. The Bertz CT molecular complexity index is 1100. The molecule has 2 aromatic carbocycles. The van der Waals surface area contributed by atoms with E-state index in [0.717, 1.165) is 12.1 Å². The molecule has 0 aliphatic rings. The van der Waals surface area contributed by atoms with E-state index in [2.05, 4.69) is 10.3 Å². The Kier molecular flexibility index (Phi) is 6.60. The van der Waals surface area contributed by atoms with Crippen LogP contribution >= 0.6 is 11.6 Å². The largest absolute Gasteiger partial charge is 0.416 e. The molecule has 1 aromatic heterocycles. The highest BCUT2D eigenvalue weighted by Crippen LogP contribution is 2.30. The zero-order valence-corrected chi connectivity index (χ0v) is 17.0. The van der Waals surface area contributed by atoms with Crippen molar-refractivity contribution in [2.75, 3.05) is 12.4 Å². The van der Waals surface area contributed by atoms with Crippen LogP contribution in [0.1, 0.15) is 32.0 Å². The molecule has 0 radical (unpaired) electrons. The molecule has 0 saturated carbocycles. The van der Waals surface area contributed by atoms with E-state index in [1.165, 1.54) is 36.3 Å². The number of nitrogens with one attached hydrogen (secondary N) is 1. The van der Waals surface area contributed by atoms with Crippen molar-refractivity contribution in [1.82, 2.24) is 9.88 Å². The number of halogens is 4. The van der Waals surface area contributed by atoms with Crippen LogP contribution in [0, 0.1) is 0 Å². The highest BCUT2D eigenvalue weighted by atomic mass is 35.5. The lowest BCUT2D eigenvalue weighted by molar-refractivity contribution is -0.137. The lowest BCUT2D eigenvalue weighted by Crippen LogP contribution is -2.27. The van der Waals surface area contributed by atoms with Crippen LogP contribution in [0.5, 0.6) is 0 Å². The van der Waals surface area contributed by atoms with Gasteiger partial charge < -0.3 is 10.2 Å². The number of anilines is 1. The maximum absolute atomic E-state index is 13.0. The van der Waals surface area contributed by atoms with E-state index in [9.17, 15) is 22.8 Å². The van der Waals surface area contributed by atoms with Gasteiger partial charge in [-0.25, -0.2) is 0 Å². The first-order chi connectivity index (χ1) is 14.7. The Labute approximate surface area is 181 Å². The SMILES string of the molecule is CN(Cc1cccc(Cl)c1NC(=O)c1ccccn1)C(=O)c1cccc(C(F)(F)F)c1. The summed E-state index contributed by atoms with van der Waals surface area (Å²) in [6, 6.07) is 14.0. The van der Waals surface area contributed by atoms with E-state index in [1.54, 1.807) is 30.3 Å². The van der Waals surface area contributed by atoms with Crippen LogP contribution in [0.3, 0.4) is 0 Å². The molecule has 0 saturated heterocycles. The summed E-state index contributed by atoms with van der Waals surface area (Å²) in [5.41, 5.74) is -0.0128. The number of carbonyl (C=O) groups excluding carboxylic acids is 2. The lowest BCUT2D eigenvalue weighted by atomic mass is 10.1. The van der Waals surface area contributed by atoms with Gasteiger partial charge in [-0.1, -0.05) is 35.9 Å². The molecule has 0 atom stereocenters. The molecule has 0 spiro atoms. The first-order valence-corrected chi connectivity index (χ1v) is 9.47. The number of hydrogen-bond donors (Lipinski definition) is 1. The minimum absolute atomic E-state index is 0.00741. The van der Waals surface area contributed by atoms with Gasteiger partial charge in [-0.3, -0.25) is 14.6 Å². The van der Waals surface area contributed by atoms with Gasteiger partial charge in [0.15, 0.2) is 0 Å². The van der Waals surface area contributed by atoms with Gasteiger partial charge in [-0.15, -0.1) is 0 Å². The number of amides is 2. The highest BCUT2D eigenvalue weighted by Gasteiger charge is 2.31. The minimum Gasteiger partial charge on any atom is -0.337 e. The van der Waals surface area contributed by atoms with Crippen molar-refractivity contribution >= 4 is 29.1 Å². The number of rotatable bonds is 5. The maximum Gasteiger partial charge on any atom is 0.416 e. The molecule has 0 bridgehead atoms. The van der Waals surface area contributed by atoms with Crippen LogP contribution in [0.2, 0.25) is 5.02 Å². The summed E-state index contributed by atoms with van der Waals surface area (Å²) in [7, 11) is 1.45. The predicted octanol–water partition coefficient (Wildman–Crippen LogP) is 5.28. The number of aromatic nitrogens is 1. The number of hydrogen-bond acceptors (Lipinski definition) is 3. The number of para-hydroxylation sites is 1. The average molecular weight is 448 g/mol. The molecule has 0 unspecified atom stereocenters. The third-order valence-electron chi connectivity index (χ3n) is 4.43. The van der Waals surface area contributed by atoms with Gasteiger partial charge in [-0.2, -0.15) is 13.2 Å². The Balaban J connectivity index is 1.82. The lowest BCUT2D eigenvalue weighted by Gasteiger charge is -2.21. The molecule has 0 fully saturated rings. The monoisotopic (exact) mass is 447 g/mol. The van der Waals surface area contributed by atoms with Crippen LogP contribution in [0.25, 0.3) is 0 Å². The van der Waals surface area contributed by atoms with Crippen LogP contribution in [-0.4, -0.2) is 28.7 Å². The van der Waals surface area contributed by atoms with Crippen molar-refractivity contribution in [3.63, 3.8) is 0 Å². The molecule has 1 N–H and O–H groups in total. The van der Waals surface area contributed by atoms with Gasteiger partial charge in [-0.05, 0) is 42.0 Å². The number of benzene rings is 2. The summed E-state index contributed by atoms with van der Waals surface area (Å²) in [5, 5.41) is 2.94. The van der Waals surface area contributed by atoms with Crippen molar-refractivity contribution in [3.8, 4) is 0 Å². The second-order valence-electron chi connectivity index (χ2n) is 6.68.